The van der Waals surface area contributed by atoms with E-state index < -0.39 is 9.84 Å². The molecule has 7 heteroatoms. The van der Waals surface area contributed by atoms with E-state index in [0.717, 1.165) is 16.6 Å². The fraction of sp³-hybridized carbons (Fsp3) is 0.333. The van der Waals surface area contributed by atoms with E-state index in [1.165, 1.54) is 17.6 Å². The van der Waals surface area contributed by atoms with Crippen LogP contribution < -0.4 is 4.80 Å². The van der Waals surface area contributed by atoms with E-state index in [2.05, 4.69) is 11.6 Å². The molecule has 1 amide bonds. The standard InChI is InChI=1S/C15H18N2O3S2/c1-4-6-14(18)16-15-17(9-5-2)12-8-7-11(22(3,19)20)10-13(12)21-15/h5,7-8,10H,2,4,6,9H2,1,3H3. The number of aromatic nitrogens is 1. The van der Waals surface area contributed by atoms with Crippen LogP contribution in [0.3, 0.4) is 0 Å². The summed E-state index contributed by atoms with van der Waals surface area (Å²) in [7, 11) is -3.26. The van der Waals surface area contributed by atoms with Gasteiger partial charge in [-0.2, -0.15) is 4.99 Å². The van der Waals surface area contributed by atoms with Gasteiger partial charge in [0.15, 0.2) is 14.6 Å². The number of rotatable bonds is 5. The fourth-order valence-corrected chi connectivity index (χ4v) is 3.87. The summed E-state index contributed by atoms with van der Waals surface area (Å²) in [5, 5.41) is 0. The van der Waals surface area contributed by atoms with Crippen LogP contribution in [0.5, 0.6) is 0 Å². The molecule has 0 saturated heterocycles. The number of sulfone groups is 1. The summed E-state index contributed by atoms with van der Waals surface area (Å²) in [5.41, 5.74) is 0.848. The Labute approximate surface area is 133 Å². The van der Waals surface area contributed by atoms with Gasteiger partial charge in [0, 0.05) is 19.2 Å². The number of nitrogens with zero attached hydrogens (tertiary/aromatic N) is 2. The van der Waals surface area contributed by atoms with Crippen molar-refractivity contribution in [1.29, 1.82) is 0 Å². The Kier molecular flexibility index (Phi) is 4.97. The van der Waals surface area contributed by atoms with Crippen LogP contribution >= 0.6 is 11.3 Å². The van der Waals surface area contributed by atoms with Crippen LogP contribution in [0.2, 0.25) is 0 Å². The van der Waals surface area contributed by atoms with E-state index in [9.17, 15) is 13.2 Å². The number of fused-ring (bicyclic) bond motifs is 1. The van der Waals surface area contributed by atoms with Crippen molar-refractivity contribution in [2.24, 2.45) is 4.99 Å². The number of benzene rings is 1. The van der Waals surface area contributed by atoms with Crippen LogP contribution in [0.25, 0.3) is 10.2 Å². The first kappa shape index (κ1) is 16.6. The zero-order chi connectivity index (χ0) is 16.3. The molecule has 2 rings (SSSR count). The van der Waals surface area contributed by atoms with Gasteiger partial charge in [0.1, 0.15) is 0 Å². The van der Waals surface area contributed by atoms with Crippen molar-refractivity contribution in [2.45, 2.75) is 31.2 Å². The number of amides is 1. The van der Waals surface area contributed by atoms with Crippen LogP contribution in [0, 0.1) is 0 Å². The maximum Gasteiger partial charge on any atom is 0.248 e. The molecule has 0 bridgehead atoms. The van der Waals surface area contributed by atoms with Crippen LogP contribution in [0.15, 0.2) is 40.7 Å². The summed E-state index contributed by atoms with van der Waals surface area (Å²) in [6.45, 7) is 6.15. The van der Waals surface area contributed by atoms with E-state index in [0.29, 0.717) is 17.8 Å². The van der Waals surface area contributed by atoms with Crippen molar-refractivity contribution in [3.63, 3.8) is 0 Å². The van der Waals surface area contributed by atoms with Gasteiger partial charge in [0.2, 0.25) is 5.91 Å². The zero-order valence-corrected chi connectivity index (χ0v) is 14.2. The third-order valence-electron chi connectivity index (χ3n) is 3.08. The number of allylic oxidation sites excluding steroid dienone is 1. The van der Waals surface area contributed by atoms with Gasteiger partial charge in [-0.1, -0.05) is 24.3 Å². The molecule has 0 spiro atoms. The second kappa shape index (κ2) is 6.58. The number of carbonyl (C=O) groups is 1. The Hall–Kier alpha value is -1.73. The molecule has 2 aromatic rings. The Morgan fingerprint density at radius 3 is 2.77 bits per heavy atom. The lowest BCUT2D eigenvalue weighted by molar-refractivity contribution is -0.118. The molecule has 0 aliphatic heterocycles. The van der Waals surface area contributed by atoms with Crippen LogP contribution in [-0.4, -0.2) is 25.1 Å². The molecular formula is C15H18N2O3S2. The fourth-order valence-electron chi connectivity index (χ4n) is 2.05. The van der Waals surface area contributed by atoms with Crippen LogP contribution in [0.1, 0.15) is 19.8 Å². The minimum atomic E-state index is -3.26. The average Bonchev–Trinajstić information content (AvgIpc) is 2.75. The van der Waals surface area contributed by atoms with Gasteiger partial charge in [0.05, 0.1) is 15.1 Å². The Bertz CT molecular complexity index is 889. The van der Waals surface area contributed by atoms with Crippen molar-refractivity contribution in [1.82, 2.24) is 4.57 Å². The highest BCUT2D eigenvalue weighted by Crippen LogP contribution is 2.22. The summed E-state index contributed by atoms with van der Waals surface area (Å²) in [6, 6.07) is 4.94. The lowest BCUT2D eigenvalue weighted by Gasteiger charge is -2.02. The molecule has 0 saturated carbocycles. The summed E-state index contributed by atoms with van der Waals surface area (Å²) in [6.07, 6.45) is 4.04. The molecule has 22 heavy (non-hydrogen) atoms. The topological polar surface area (TPSA) is 68.5 Å². The SMILES string of the molecule is C=CCn1c(=NC(=O)CCC)sc2cc(S(C)(=O)=O)ccc21. The van der Waals surface area contributed by atoms with Crippen molar-refractivity contribution >= 4 is 37.3 Å². The molecule has 118 valence electrons. The molecule has 5 nitrogen and oxygen atoms in total. The van der Waals surface area contributed by atoms with Gasteiger partial charge in [-0.05, 0) is 24.6 Å². The van der Waals surface area contributed by atoms with E-state index in [1.807, 2.05) is 11.5 Å². The quantitative estimate of drug-likeness (QED) is 0.787. The molecule has 0 fully saturated rings. The Morgan fingerprint density at radius 2 is 2.18 bits per heavy atom. The third kappa shape index (κ3) is 3.53. The zero-order valence-electron chi connectivity index (χ0n) is 12.6. The molecule has 0 aliphatic carbocycles. The lowest BCUT2D eigenvalue weighted by atomic mass is 10.3. The average molecular weight is 338 g/mol. The van der Waals surface area contributed by atoms with E-state index in [1.54, 1.807) is 24.3 Å². The Morgan fingerprint density at radius 1 is 1.45 bits per heavy atom. The predicted molar refractivity (Wildman–Crippen MR) is 88.6 cm³/mol. The van der Waals surface area contributed by atoms with Gasteiger partial charge >= 0.3 is 0 Å². The first-order valence-electron chi connectivity index (χ1n) is 6.88. The van der Waals surface area contributed by atoms with Crippen LogP contribution in [-0.2, 0) is 21.2 Å². The summed E-state index contributed by atoms with van der Waals surface area (Å²) in [5.74, 6) is -0.171. The van der Waals surface area contributed by atoms with E-state index >= 15 is 0 Å². The second-order valence-corrected chi connectivity index (χ2v) is 7.97. The number of carbonyl (C=O) groups excluding carboxylic acids is 1. The Balaban J connectivity index is 2.68. The minimum Gasteiger partial charge on any atom is -0.313 e. The highest BCUT2D eigenvalue weighted by Gasteiger charge is 2.12. The molecule has 0 atom stereocenters. The molecule has 1 aromatic carbocycles. The molecule has 0 unspecified atom stereocenters. The van der Waals surface area contributed by atoms with Crippen molar-refractivity contribution in [3.8, 4) is 0 Å². The normalized spacial score (nSPS) is 12.7. The molecular weight excluding hydrogens is 320 g/mol. The van der Waals surface area contributed by atoms with Gasteiger partial charge in [-0.15, -0.1) is 6.58 Å². The van der Waals surface area contributed by atoms with Gasteiger partial charge in [-0.25, -0.2) is 8.42 Å². The summed E-state index contributed by atoms with van der Waals surface area (Å²) in [4.78, 5) is 16.7. The monoisotopic (exact) mass is 338 g/mol. The smallest absolute Gasteiger partial charge is 0.248 e. The molecule has 1 aromatic heterocycles. The molecule has 0 radical (unpaired) electrons. The first-order valence-corrected chi connectivity index (χ1v) is 9.59. The van der Waals surface area contributed by atoms with Crippen molar-refractivity contribution in [2.75, 3.05) is 6.26 Å². The van der Waals surface area contributed by atoms with Gasteiger partial charge < -0.3 is 4.57 Å². The van der Waals surface area contributed by atoms with Crippen molar-refractivity contribution in [3.05, 3.63) is 35.7 Å². The first-order chi connectivity index (χ1) is 10.4. The molecule has 1 heterocycles. The van der Waals surface area contributed by atoms with Gasteiger partial charge in [-0.3, -0.25) is 4.79 Å². The van der Waals surface area contributed by atoms with Crippen LogP contribution in [0.4, 0.5) is 0 Å². The number of hydrogen-bond acceptors (Lipinski definition) is 4. The van der Waals surface area contributed by atoms with E-state index in [4.69, 9.17) is 0 Å². The minimum absolute atomic E-state index is 0.171. The van der Waals surface area contributed by atoms with E-state index in [-0.39, 0.29) is 10.8 Å². The number of hydrogen-bond donors (Lipinski definition) is 0. The maximum atomic E-state index is 11.8. The molecule has 0 N–H and O–H groups in total. The summed E-state index contributed by atoms with van der Waals surface area (Å²) >= 11 is 1.31. The lowest BCUT2D eigenvalue weighted by Crippen LogP contribution is -2.16. The third-order valence-corrected chi connectivity index (χ3v) is 5.23. The maximum absolute atomic E-state index is 11.8. The largest absolute Gasteiger partial charge is 0.313 e. The van der Waals surface area contributed by atoms with Gasteiger partial charge in [0.25, 0.3) is 0 Å². The predicted octanol–water partition coefficient (Wildman–Crippen LogP) is 2.52. The summed E-state index contributed by atoms with van der Waals surface area (Å²) < 4.78 is 26.0. The number of thiazole rings is 1. The highest BCUT2D eigenvalue weighted by molar-refractivity contribution is 7.90. The van der Waals surface area contributed by atoms with Crippen molar-refractivity contribution < 1.29 is 13.2 Å². The highest BCUT2D eigenvalue weighted by atomic mass is 32.2. The second-order valence-electron chi connectivity index (χ2n) is 4.94. The molecule has 0 aliphatic rings.